The molecule has 2 rings (SSSR count). The first-order valence-electron chi connectivity index (χ1n) is 6.94. The smallest absolute Gasteiger partial charge is 0.0208 e. The zero-order chi connectivity index (χ0) is 12.8. The first-order chi connectivity index (χ1) is 8.77. The van der Waals surface area contributed by atoms with Crippen molar-refractivity contribution in [3.05, 3.63) is 33.8 Å². The first-order valence-corrected chi connectivity index (χ1v) is 7.74. The minimum Gasteiger partial charge on any atom is -0.313 e. The summed E-state index contributed by atoms with van der Waals surface area (Å²) < 4.78 is 1.21. The summed E-state index contributed by atoms with van der Waals surface area (Å²) in [5.41, 5.74) is 2.75. The molecule has 1 aromatic rings. The highest BCUT2D eigenvalue weighted by Gasteiger charge is 2.09. The molecule has 1 aliphatic heterocycles. The molecule has 0 bridgehead atoms. The van der Waals surface area contributed by atoms with Gasteiger partial charge in [-0.2, -0.15) is 0 Å². The highest BCUT2D eigenvalue weighted by Crippen LogP contribution is 2.19. The largest absolute Gasteiger partial charge is 0.313 e. The Bertz CT molecular complexity index is 373. The van der Waals surface area contributed by atoms with Gasteiger partial charge in [0.1, 0.15) is 0 Å². The lowest BCUT2D eigenvalue weighted by Crippen LogP contribution is -2.24. The molecule has 1 saturated heterocycles. The third-order valence-electron chi connectivity index (χ3n) is 3.72. The minimum atomic E-state index is 0.977. The standard InChI is InChI=1S/C15H23BrN2/c1-13-14(6-4-7-15(13)16)12-17-8-5-11-18-9-2-3-10-18/h4,6-7,17H,2-3,5,8-12H2,1H3. The van der Waals surface area contributed by atoms with Gasteiger partial charge in [-0.25, -0.2) is 0 Å². The number of nitrogens with zero attached hydrogens (tertiary/aromatic N) is 1. The van der Waals surface area contributed by atoms with E-state index in [1.165, 1.54) is 54.5 Å². The van der Waals surface area contributed by atoms with Gasteiger partial charge in [-0.3, -0.25) is 0 Å². The molecule has 0 saturated carbocycles. The molecule has 0 amide bonds. The summed E-state index contributed by atoms with van der Waals surface area (Å²) >= 11 is 3.58. The summed E-state index contributed by atoms with van der Waals surface area (Å²) in [4.78, 5) is 2.58. The third-order valence-corrected chi connectivity index (χ3v) is 4.58. The zero-order valence-electron chi connectivity index (χ0n) is 11.2. The molecule has 1 heterocycles. The highest BCUT2D eigenvalue weighted by molar-refractivity contribution is 9.10. The van der Waals surface area contributed by atoms with Crippen molar-refractivity contribution in [2.24, 2.45) is 0 Å². The molecule has 1 fully saturated rings. The fourth-order valence-corrected chi connectivity index (χ4v) is 2.91. The van der Waals surface area contributed by atoms with Crippen molar-refractivity contribution in [1.82, 2.24) is 10.2 Å². The lowest BCUT2D eigenvalue weighted by atomic mass is 10.1. The summed E-state index contributed by atoms with van der Waals surface area (Å²) in [6.07, 6.45) is 4.04. The van der Waals surface area contributed by atoms with Crippen LogP contribution in [0, 0.1) is 6.92 Å². The molecular weight excluding hydrogens is 288 g/mol. The van der Waals surface area contributed by atoms with E-state index in [1.807, 2.05) is 0 Å². The van der Waals surface area contributed by atoms with Crippen molar-refractivity contribution in [2.75, 3.05) is 26.2 Å². The van der Waals surface area contributed by atoms with Crippen LogP contribution in [0.25, 0.3) is 0 Å². The van der Waals surface area contributed by atoms with Crippen LogP contribution >= 0.6 is 15.9 Å². The second-order valence-electron chi connectivity index (χ2n) is 5.10. The van der Waals surface area contributed by atoms with E-state index in [0.29, 0.717) is 0 Å². The maximum Gasteiger partial charge on any atom is 0.0208 e. The third kappa shape index (κ3) is 4.08. The van der Waals surface area contributed by atoms with Gasteiger partial charge in [-0.15, -0.1) is 0 Å². The maximum absolute atomic E-state index is 3.58. The van der Waals surface area contributed by atoms with Crippen LogP contribution in [0.3, 0.4) is 0 Å². The van der Waals surface area contributed by atoms with Crippen LogP contribution in [0.4, 0.5) is 0 Å². The van der Waals surface area contributed by atoms with E-state index in [-0.39, 0.29) is 0 Å². The fourth-order valence-electron chi connectivity index (χ4n) is 2.50. The molecule has 1 N–H and O–H groups in total. The normalized spacial score (nSPS) is 16.3. The predicted molar refractivity (Wildman–Crippen MR) is 80.9 cm³/mol. The van der Waals surface area contributed by atoms with Crippen LogP contribution < -0.4 is 5.32 Å². The van der Waals surface area contributed by atoms with Gasteiger partial charge in [0.05, 0.1) is 0 Å². The molecule has 0 aromatic heterocycles. The molecular formula is C15H23BrN2. The summed E-state index contributed by atoms with van der Waals surface area (Å²) in [6.45, 7) is 8.14. The second-order valence-corrected chi connectivity index (χ2v) is 5.96. The van der Waals surface area contributed by atoms with Crippen molar-refractivity contribution >= 4 is 15.9 Å². The molecule has 3 heteroatoms. The van der Waals surface area contributed by atoms with Crippen molar-refractivity contribution in [3.8, 4) is 0 Å². The predicted octanol–water partition coefficient (Wildman–Crippen LogP) is 3.33. The Labute approximate surface area is 119 Å². The number of halogens is 1. The van der Waals surface area contributed by atoms with Gasteiger partial charge in [0.25, 0.3) is 0 Å². The Balaban J connectivity index is 1.64. The molecule has 0 aliphatic carbocycles. The van der Waals surface area contributed by atoms with Gasteiger partial charge < -0.3 is 10.2 Å². The quantitative estimate of drug-likeness (QED) is 0.811. The van der Waals surface area contributed by atoms with Gasteiger partial charge in [-0.1, -0.05) is 28.1 Å². The molecule has 1 aliphatic rings. The molecule has 1 aromatic carbocycles. The van der Waals surface area contributed by atoms with E-state index in [1.54, 1.807) is 0 Å². The van der Waals surface area contributed by atoms with Crippen LogP contribution in [0.15, 0.2) is 22.7 Å². The summed E-state index contributed by atoms with van der Waals surface area (Å²) in [5.74, 6) is 0. The van der Waals surface area contributed by atoms with Gasteiger partial charge in [0.2, 0.25) is 0 Å². The Morgan fingerprint density at radius 2 is 2.06 bits per heavy atom. The van der Waals surface area contributed by atoms with Crippen molar-refractivity contribution in [1.29, 1.82) is 0 Å². The Kier molecular flexibility index (Phi) is 5.67. The molecule has 0 atom stereocenters. The van der Waals surface area contributed by atoms with Crippen molar-refractivity contribution in [2.45, 2.75) is 32.7 Å². The zero-order valence-corrected chi connectivity index (χ0v) is 12.8. The highest BCUT2D eigenvalue weighted by atomic mass is 79.9. The molecule has 0 spiro atoms. The lowest BCUT2D eigenvalue weighted by Gasteiger charge is -2.14. The number of hydrogen-bond donors (Lipinski definition) is 1. The Morgan fingerprint density at radius 1 is 1.28 bits per heavy atom. The summed E-state index contributed by atoms with van der Waals surface area (Å²) in [7, 11) is 0. The average Bonchev–Trinajstić information content (AvgIpc) is 2.87. The number of likely N-dealkylation sites (tertiary alicyclic amines) is 1. The van der Waals surface area contributed by atoms with Crippen LogP contribution in [0.5, 0.6) is 0 Å². The maximum atomic E-state index is 3.58. The van der Waals surface area contributed by atoms with Gasteiger partial charge in [0, 0.05) is 11.0 Å². The number of nitrogens with one attached hydrogen (secondary N) is 1. The van der Waals surface area contributed by atoms with Gasteiger partial charge >= 0.3 is 0 Å². The summed E-state index contributed by atoms with van der Waals surface area (Å²) in [5, 5.41) is 3.55. The minimum absolute atomic E-state index is 0.977. The van der Waals surface area contributed by atoms with E-state index in [4.69, 9.17) is 0 Å². The average molecular weight is 311 g/mol. The van der Waals surface area contributed by atoms with E-state index in [2.05, 4.69) is 51.3 Å². The van der Waals surface area contributed by atoms with Crippen LogP contribution in [0.1, 0.15) is 30.4 Å². The topological polar surface area (TPSA) is 15.3 Å². The van der Waals surface area contributed by atoms with E-state index >= 15 is 0 Å². The lowest BCUT2D eigenvalue weighted by molar-refractivity contribution is 0.331. The molecule has 0 radical (unpaired) electrons. The number of benzene rings is 1. The van der Waals surface area contributed by atoms with Gasteiger partial charge in [-0.05, 0) is 69.6 Å². The van der Waals surface area contributed by atoms with E-state index < -0.39 is 0 Å². The molecule has 18 heavy (non-hydrogen) atoms. The summed E-state index contributed by atoms with van der Waals surface area (Å²) in [6, 6.07) is 6.41. The molecule has 100 valence electrons. The van der Waals surface area contributed by atoms with E-state index in [0.717, 1.165) is 13.1 Å². The fraction of sp³-hybridized carbons (Fsp3) is 0.600. The second kappa shape index (κ2) is 7.27. The van der Waals surface area contributed by atoms with Crippen LogP contribution in [-0.2, 0) is 6.54 Å². The number of hydrogen-bond acceptors (Lipinski definition) is 2. The SMILES string of the molecule is Cc1c(Br)cccc1CNCCCN1CCCC1. The van der Waals surface area contributed by atoms with Crippen LogP contribution in [-0.4, -0.2) is 31.1 Å². The monoisotopic (exact) mass is 310 g/mol. The Morgan fingerprint density at radius 3 is 2.83 bits per heavy atom. The van der Waals surface area contributed by atoms with Crippen LogP contribution in [0.2, 0.25) is 0 Å². The first kappa shape index (κ1) is 14.0. The molecule has 0 unspecified atom stereocenters. The van der Waals surface area contributed by atoms with Crippen molar-refractivity contribution in [3.63, 3.8) is 0 Å². The molecule has 2 nitrogen and oxygen atoms in total. The van der Waals surface area contributed by atoms with E-state index in [9.17, 15) is 0 Å². The van der Waals surface area contributed by atoms with Crippen molar-refractivity contribution < 1.29 is 0 Å². The Hall–Kier alpha value is -0.380. The number of rotatable bonds is 6. The van der Waals surface area contributed by atoms with Gasteiger partial charge in [0.15, 0.2) is 0 Å².